The lowest BCUT2D eigenvalue weighted by Gasteiger charge is -2.40. The summed E-state index contributed by atoms with van der Waals surface area (Å²) in [5.74, 6) is -0.982. The summed E-state index contributed by atoms with van der Waals surface area (Å²) in [5.41, 5.74) is -0.844. The number of carbonyl (C=O) groups is 1. The molecule has 2 aromatic heterocycles. The zero-order chi connectivity index (χ0) is 34.8. The van der Waals surface area contributed by atoms with Crippen LogP contribution in [0.5, 0.6) is 5.88 Å². The summed E-state index contributed by atoms with van der Waals surface area (Å²) < 4.78 is 90.4. The van der Waals surface area contributed by atoms with E-state index < -0.39 is 29.9 Å². The first-order valence-electron chi connectivity index (χ1n) is 16.4. The number of nitrogens with zero attached hydrogens (tertiary/aromatic N) is 4. The zero-order valence-corrected chi connectivity index (χ0v) is 26.9. The van der Waals surface area contributed by atoms with Crippen LogP contribution in [0.25, 0.3) is 22.3 Å². The minimum Gasteiger partial charge on any atom is -0.481 e. The highest BCUT2D eigenvalue weighted by atomic mass is 19.4. The Hall–Kier alpha value is -4.23. The van der Waals surface area contributed by atoms with Crippen molar-refractivity contribution in [3.8, 4) is 17.1 Å². The summed E-state index contributed by atoms with van der Waals surface area (Å²) >= 11 is 0. The molecule has 49 heavy (non-hydrogen) atoms. The number of amides is 1. The molecule has 0 radical (unpaired) electrons. The van der Waals surface area contributed by atoms with Gasteiger partial charge in [0.2, 0.25) is 5.88 Å². The quantitative estimate of drug-likeness (QED) is 0.191. The Labute approximate surface area is 280 Å². The van der Waals surface area contributed by atoms with Gasteiger partial charge in [0, 0.05) is 29.8 Å². The van der Waals surface area contributed by atoms with E-state index in [9.17, 15) is 31.1 Å². The third kappa shape index (κ3) is 7.83. The van der Waals surface area contributed by atoms with E-state index in [0.717, 1.165) is 50.9 Å². The standard InChI is InChI=1S/C36H37F6N5O2/c1-49-29-14-13-28-32(44-29)30(34(48)45-33(36(40,41)42)23-9-4-2-5-10-23)27(31(43-28)24-11-8-12-25(21-24)35(37,38)39)22-46-19-15-26(16-20-46)47-17-6-3-7-18-47/h2,4-5,8-14,21,26,33H,3,6-7,15-20,22H2,1H3,(H,45,48)/t33-/m1/s1. The van der Waals surface area contributed by atoms with Gasteiger partial charge in [0.15, 0.2) is 6.04 Å². The van der Waals surface area contributed by atoms with Gasteiger partial charge in [-0.25, -0.2) is 9.97 Å². The Morgan fingerprint density at radius 3 is 2.27 bits per heavy atom. The lowest BCUT2D eigenvalue weighted by atomic mass is 9.94. The molecule has 2 aliphatic heterocycles. The van der Waals surface area contributed by atoms with Crippen LogP contribution in [0.4, 0.5) is 26.3 Å². The topological polar surface area (TPSA) is 70.6 Å². The fraction of sp³-hybridized carbons (Fsp3) is 0.417. The van der Waals surface area contributed by atoms with Crippen LogP contribution in [0.15, 0.2) is 66.7 Å². The van der Waals surface area contributed by atoms with Crippen LogP contribution >= 0.6 is 0 Å². The van der Waals surface area contributed by atoms with Crippen molar-refractivity contribution in [2.45, 2.75) is 63.1 Å². The van der Waals surface area contributed by atoms with Crippen molar-refractivity contribution in [3.63, 3.8) is 0 Å². The molecule has 0 spiro atoms. The molecule has 1 amide bonds. The molecule has 7 nitrogen and oxygen atoms in total. The molecule has 0 unspecified atom stereocenters. The van der Waals surface area contributed by atoms with Crippen LogP contribution in [0.2, 0.25) is 0 Å². The number of nitrogens with one attached hydrogen (secondary N) is 1. The number of piperidine rings is 2. The van der Waals surface area contributed by atoms with Gasteiger partial charge in [-0.15, -0.1) is 0 Å². The maximum atomic E-state index is 14.5. The molecule has 1 atom stereocenters. The summed E-state index contributed by atoms with van der Waals surface area (Å²) in [6.45, 7) is 3.40. The predicted molar refractivity (Wildman–Crippen MR) is 173 cm³/mol. The van der Waals surface area contributed by atoms with E-state index in [0.29, 0.717) is 19.1 Å². The van der Waals surface area contributed by atoms with E-state index in [1.54, 1.807) is 6.07 Å². The van der Waals surface area contributed by atoms with Crippen molar-refractivity contribution in [2.75, 3.05) is 33.3 Å². The fourth-order valence-electron chi connectivity index (χ4n) is 6.90. The molecule has 1 N–H and O–H groups in total. The van der Waals surface area contributed by atoms with Gasteiger partial charge in [0.1, 0.15) is 5.52 Å². The molecular formula is C36H37F6N5O2. The van der Waals surface area contributed by atoms with Crippen molar-refractivity contribution >= 4 is 16.9 Å². The van der Waals surface area contributed by atoms with Gasteiger partial charge >= 0.3 is 12.4 Å². The number of pyridine rings is 2. The second-order valence-corrected chi connectivity index (χ2v) is 12.6. The molecular weight excluding hydrogens is 648 g/mol. The maximum absolute atomic E-state index is 14.5. The molecule has 0 bridgehead atoms. The minimum absolute atomic E-state index is 0.0141. The molecule has 13 heteroatoms. The number of hydrogen-bond acceptors (Lipinski definition) is 6. The second kappa shape index (κ2) is 14.3. The monoisotopic (exact) mass is 685 g/mol. The molecule has 6 rings (SSSR count). The highest BCUT2D eigenvalue weighted by Crippen LogP contribution is 2.38. The third-order valence-electron chi connectivity index (χ3n) is 9.39. The van der Waals surface area contributed by atoms with Gasteiger partial charge in [0.25, 0.3) is 5.91 Å². The molecule has 0 aliphatic carbocycles. The number of hydrogen-bond donors (Lipinski definition) is 1. The van der Waals surface area contributed by atoms with E-state index in [-0.39, 0.29) is 51.4 Å². The molecule has 2 saturated heterocycles. The average molecular weight is 686 g/mol. The summed E-state index contributed by atoms with van der Waals surface area (Å²) in [6, 6.07) is 12.6. The number of rotatable bonds is 8. The normalized spacial score (nSPS) is 17.6. The molecule has 2 aliphatic rings. The Bertz CT molecular complexity index is 1770. The van der Waals surface area contributed by atoms with E-state index in [1.807, 2.05) is 0 Å². The first-order valence-corrected chi connectivity index (χ1v) is 16.4. The average Bonchev–Trinajstić information content (AvgIpc) is 3.10. The molecule has 4 heterocycles. The summed E-state index contributed by atoms with van der Waals surface area (Å²) in [5, 5.41) is 2.18. The number of alkyl halides is 6. The highest BCUT2D eigenvalue weighted by Gasteiger charge is 2.43. The lowest BCUT2D eigenvalue weighted by Crippen LogP contribution is -2.46. The van der Waals surface area contributed by atoms with E-state index in [4.69, 9.17) is 9.72 Å². The fourth-order valence-corrected chi connectivity index (χ4v) is 6.90. The SMILES string of the molecule is COc1ccc2nc(-c3cccc(C(F)(F)F)c3)c(CN3CCC(N4CCCCC4)CC3)c(C(=O)N[C@H](c3ccccc3)C(F)(F)F)c2n1. The van der Waals surface area contributed by atoms with Crippen molar-refractivity contribution in [1.82, 2.24) is 25.1 Å². The van der Waals surface area contributed by atoms with Crippen molar-refractivity contribution in [3.05, 3.63) is 89.0 Å². The van der Waals surface area contributed by atoms with Gasteiger partial charge in [-0.1, -0.05) is 48.9 Å². The zero-order valence-electron chi connectivity index (χ0n) is 26.9. The summed E-state index contributed by atoms with van der Waals surface area (Å²) in [7, 11) is 1.36. The van der Waals surface area contributed by atoms with Gasteiger partial charge in [-0.3, -0.25) is 9.69 Å². The maximum Gasteiger partial charge on any atom is 0.416 e. The van der Waals surface area contributed by atoms with Crippen molar-refractivity contribution < 1.29 is 35.9 Å². The number of halogens is 6. The van der Waals surface area contributed by atoms with Crippen molar-refractivity contribution in [2.24, 2.45) is 0 Å². The predicted octanol–water partition coefficient (Wildman–Crippen LogP) is 7.81. The van der Waals surface area contributed by atoms with Gasteiger partial charge in [0.05, 0.1) is 29.4 Å². The van der Waals surface area contributed by atoms with Crippen LogP contribution < -0.4 is 10.1 Å². The number of carbonyl (C=O) groups excluding carboxylic acids is 1. The van der Waals surface area contributed by atoms with Crippen molar-refractivity contribution in [1.29, 1.82) is 0 Å². The molecule has 0 saturated carbocycles. The third-order valence-corrected chi connectivity index (χ3v) is 9.39. The van der Waals surface area contributed by atoms with Crippen LogP contribution in [0.3, 0.4) is 0 Å². The smallest absolute Gasteiger partial charge is 0.416 e. The van der Waals surface area contributed by atoms with Crippen LogP contribution in [-0.2, 0) is 12.7 Å². The Morgan fingerprint density at radius 2 is 1.61 bits per heavy atom. The Morgan fingerprint density at radius 1 is 0.898 bits per heavy atom. The van der Waals surface area contributed by atoms with Crippen LogP contribution in [0.1, 0.15) is 65.2 Å². The first kappa shape index (κ1) is 34.6. The molecule has 2 aromatic carbocycles. The van der Waals surface area contributed by atoms with Gasteiger partial charge < -0.3 is 15.0 Å². The van der Waals surface area contributed by atoms with Gasteiger partial charge in [-0.2, -0.15) is 26.3 Å². The number of likely N-dealkylation sites (tertiary alicyclic amines) is 2. The van der Waals surface area contributed by atoms with E-state index in [1.165, 1.54) is 62.1 Å². The number of fused-ring (bicyclic) bond motifs is 1. The summed E-state index contributed by atoms with van der Waals surface area (Å²) in [6.07, 6.45) is -4.30. The lowest BCUT2D eigenvalue weighted by molar-refractivity contribution is -0.155. The Balaban J connectivity index is 1.48. The highest BCUT2D eigenvalue weighted by molar-refractivity contribution is 6.08. The number of aromatic nitrogens is 2. The number of ether oxygens (including phenoxy) is 1. The first-order chi connectivity index (χ1) is 23.4. The number of methoxy groups -OCH3 is 1. The summed E-state index contributed by atoms with van der Waals surface area (Å²) in [4.78, 5) is 28.0. The van der Waals surface area contributed by atoms with Gasteiger partial charge in [-0.05, 0) is 75.6 Å². The molecule has 4 aromatic rings. The Kier molecular flexibility index (Phi) is 10.1. The second-order valence-electron chi connectivity index (χ2n) is 12.6. The number of benzene rings is 2. The molecule has 260 valence electrons. The largest absolute Gasteiger partial charge is 0.481 e. The van der Waals surface area contributed by atoms with E-state index >= 15 is 0 Å². The van der Waals surface area contributed by atoms with Crippen LogP contribution in [0, 0.1) is 0 Å². The van der Waals surface area contributed by atoms with E-state index in [2.05, 4.69) is 20.1 Å². The minimum atomic E-state index is -4.86. The molecule has 2 fully saturated rings. The van der Waals surface area contributed by atoms with Crippen LogP contribution in [-0.4, -0.2) is 71.2 Å².